The zero-order valence-corrected chi connectivity index (χ0v) is 14.4. The number of rotatable bonds is 3. The molecule has 2 bridgehead atoms. The summed E-state index contributed by atoms with van der Waals surface area (Å²) in [6, 6.07) is 0. The number of carbonyl (C=O) groups is 1. The number of esters is 1. The number of ether oxygens (including phenoxy) is 1. The lowest BCUT2D eigenvalue weighted by Crippen LogP contribution is -2.57. The van der Waals surface area contributed by atoms with E-state index in [1.54, 1.807) is 0 Å². The van der Waals surface area contributed by atoms with Crippen molar-refractivity contribution in [2.24, 2.45) is 29.6 Å². The molecule has 6 atom stereocenters. The number of fused-ring (bicyclic) bond motifs is 5. The van der Waals surface area contributed by atoms with Crippen LogP contribution in [0.25, 0.3) is 0 Å². The molecule has 8 heteroatoms. The number of alkyl halides is 6. The van der Waals surface area contributed by atoms with Crippen LogP contribution in [0.5, 0.6) is 0 Å². The SMILES string of the molecule is C=C(C(=O)OC(C)(C1CCCC2C3CCC(C3)C21)C(F)(F)F)C(F)(F)F. The van der Waals surface area contributed by atoms with Crippen molar-refractivity contribution in [3.63, 3.8) is 0 Å². The molecule has 0 aromatic carbocycles. The lowest BCUT2D eigenvalue weighted by Gasteiger charge is -2.49. The molecule has 6 unspecified atom stereocenters. The number of carbonyl (C=O) groups excluding carboxylic acids is 1. The number of hydrogen-bond donors (Lipinski definition) is 0. The molecule has 0 aromatic rings. The topological polar surface area (TPSA) is 26.3 Å². The highest BCUT2D eigenvalue weighted by Gasteiger charge is 2.65. The van der Waals surface area contributed by atoms with Gasteiger partial charge in [0.1, 0.15) is 5.57 Å². The van der Waals surface area contributed by atoms with Crippen LogP contribution in [-0.2, 0) is 9.53 Å². The van der Waals surface area contributed by atoms with Crippen LogP contribution in [0.2, 0.25) is 0 Å². The Kier molecular flexibility index (Phi) is 4.63. The van der Waals surface area contributed by atoms with Gasteiger partial charge in [0.2, 0.25) is 5.60 Å². The van der Waals surface area contributed by atoms with Crippen LogP contribution in [0, 0.1) is 29.6 Å². The van der Waals surface area contributed by atoms with Gasteiger partial charge in [-0.15, -0.1) is 0 Å². The van der Waals surface area contributed by atoms with Gasteiger partial charge in [0.25, 0.3) is 0 Å². The molecule has 2 nitrogen and oxygen atoms in total. The van der Waals surface area contributed by atoms with Crippen molar-refractivity contribution in [3.05, 3.63) is 12.2 Å². The third-order valence-electron chi connectivity index (χ3n) is 6.84. The predicted octanol–water partition coefficient (Wildman–Crippen LogP) is 5.43. The minimum absolute atomic E-state index is 0.140. The molecule has 0 N–H and O–H groups in total. The van der Waals surface area contributed by atoms with Crippen molar-refractivity contribution in [2.45, 2.75) is 63.4 Å². The molecule has 0 aromatic heterocycles. The van der Waals surface area contributed by atoms with Gasteiger partial charge in [0.15, 0.2) is 0 Å². The van der Waals surface area contributed by atoms with E-state index in [0.29, 0.717) is 12.3 Å². The van der Waals surface area contributed by atoms with Gasteiger partial charge >= 0.3 is 18.3 Å². The Bertz CT molecular complexity index is 595. The smallest absolute Gasteiger partial charge is 0.428 e. The van der Waals surface area contributed by atoms with E-state index in [0.717, 1.165) is 32.6 Å². The standard InChI is InChI=1S/C18H22F6O2/c1-9(17(19,20)21)15(25)26-16(2,18(22,23)24)13-5-3-4-12-10-6-7-11(8-10)14(12)13/h10-14H,1,3-8H2,2H3. The van der Waals surface area contributed by atoms with Crippen LogP contribution < -0.4 is 0 Å². The van der Waals surface area contributed by atoms with Crippen molar-refractivity contribution in [2.75, 3.05) is 0 Å². The summed E-state index contributed by atoms with van der Waals surface area (Å²) in [6.45, 7) is 3.30. The van der Waals surface area contributed by atoms with Crippen LogP contribution in [-0.4, -0.2) is 23.9 Å². The first kappa shape index (κ1) is 19.5. The van der Waals surface area contributed by atoms with Crippen LogP contribution in [0.15, 0.2) is 12.2 Å². The van der Waals surface area contributed by atoms with Gasteiger partial charge in [0.05, 0.1) is 0 Å². The first-order chi connectivity index (χ1) is 11.9. The third kappa shape index (κ3) is 3.03. The van der Waals surface area contributed by atoms with E-state index in [9.17, 15) is 31.1 Å². The normalized spacial score (nSPS) is 36.3. The molecule has 0 saturated heterocycles. The number of halogens is 6. The fourth-order valence-corrected chi connectivity index (χ4v) is 5.63. The maximum absolute atomic E-state index is 13.9. The Morgan fingerprint density at radius 1 is 1.00 bits per heavy atom. The second-order valence-electron chi connectivity index (χ2n) is 8.08. The molecule has 3 saturated carbocycles. The zero-order chi connectivity index (χ0) is 19.5. The Balaban J connectivity index is 1.90. The average molecular weight is 384 g/mol. The maximum atomic E-state index is 13.9. The van der Waals surface area contributed by atoms with Gasteiger partial charge in [-0.3, -0.25) is 0 Å². The molecule has 0 radical (unpaired) electrons. The second-order valence-corrected chi connectivity index (χ2v) is 8.08. The molecule has 3 rings (SSSR count). The van der Waals surface area contributed by atoms with E-state index in [-0.39, 0.29) is 24.2 Å². The second kappa shape index (κ2) is 6.16. The lowest BCUT2D eigenvalue weighted by molar-refractivity contribution is -0.292. The largest absolute Gasteiger partial charge is 0.446 e. The molecule has 0 heterocycles. The van der Waals surface area contributed by atoms with Gasteiger partial charge in [-0.25, -0.2) is 4.79 Å². The molecule has 148 valence electrons. The van der Waals surface area contributed by atoms with Gasteiger partial charge in [0, 0.05) is 5.92 Å². The third-order valence-corrected chi connectivity index (χ3v) is 6.84. The highest BCUT2D eigenvalue weighted by Crippen LogP contribution is 2.62. The van der Waals surface area contributed by atoms with Gasteiger partial charge in [-0.1, -0.05) is 13.0 Å². The van der Waals surface area contributed by atoms with Crippen molar-refractivity contribution in [1.82, 2.24) is 0 Å². The summed E-state index contributed by atoms with van der Waals surface area (Å²) in [5.74, 6) is -2.61. The Morgan fingerprint density at radius 2 is 1.62 bits per heavy atom. The van der Waals surface area contributed by atoms with Crippen LogP contribution in [0.4, 0.5) is 26.3 Å². The highest BCUT2D eigenvalue weighted by atomic mass is 19.4. The van der Waals surface area contributed by atoms with E-state index in [4.69, 9.17) is 0 Å². The fraction of sp³-hybridized carbons (Fsp3) is 0.833. The minimum atomic E-state index is -5.12. The fourth-order valence-electron chi connectivity index (χ4n) is 5.63. The first-order valence-electron chi connectivity index (χ1n) is 8.92. The molecule has 26 heavy (non-hydrogen) atoms. The average Bonchev–Trinajstić information content (AvgIpc) is 3.13. The summed E-state index contributed by atoms with van der Waals surface area (Å²) >= 11 is 0. The molecular formula is C18H22F6O2. The summed E-state index contributed by atoms with van der Waals surface area (Å²) in [4.78, 5) is 11.8. The molecule has 3 aliphatic carbocycles. The van der Waals surface area contributed by atoms with Crippen molar-refractivity contribution >= 4 is 5.97 Å². The summed E-state index contributed by atoms with van der Waals surface area (Å²) in [5, 5.41) is 0. The maximum Gasteiger partial charge on any atom is 0.428 e. The quantitative estimate of drug-likeness (QED) is 0.368. The van der Waals surface area contributed by atoms with Crippen LogP contribution in [0.3, 0.4) is 0 Å². The number of hydrogen-bond acceptors (Lipinski definition) is 2. The van der Waals surface area contributed by atoms with Gasteiger partial charge in [-0.2, -0.15) is 26.3 Å². The molecule has 0 spiro atoms. The van der Waals surface area contributed by atoms with E-state index in [1.807, 2.05) is 0 Å². The van der Waals surface area contributed by atoms with E-state index in [1.165, 1.54) is 0 Å². The predicted molar refractivity (Wildman–Crippen MR) is 80.9 cm³/mol. The Hall–Kier alpha value is -1.21. The molecular weight excluding hydrogens is 362 g/mol. The van der Waals surface area contributed by atoms with E-state index < -0.39 is 35.4 Å². The summed E-state index contributed by atoms with van der Waals surface area (Å²) in [5.41, 5.74) is -4.85. The Labute approximate surface area is 148 Å². The van der Waals surface area contributed by atoms with E-state index >= 15 is 0 Å². The van der Waals surface area contributed by atoms with Crippen LogP contribution in [0.1, 0.15) is 45.4 Å². The lowest BCUT2D eigenvalue weighted by atomic mass is 9.60. The Morgan fingerprint density at radius 3 is 2.19 bits per heavy atom. The minimum Gasteiger partial charge on any atom is -0.446 e. The van der Waals surface area contributed by atoms with Gasteiger partial charge in [-0.05, 0) is 62.7 Å². The van der Waals surface area contributed by atoms with E-state index in [2.05, 4.69) is 11.3 Å². The summed E-state index contributed by atoms with van der Waals surface area (Å²) in [7, 11) is 0. The molecule has 0 aliphatic heterocycles. The van der Waals surface area contributed by atoms with Crippen molar-refractivity contribution in [3.8, 4) is 0 Å². The van der Waals surface area contributed by atoms with Crippen molar-refractivity contribution in [1.29, 1.82) is 0 Å². The van der Waals surface area contributed by atoms with Gasteiger partial charge < -0.3 is 4.74 Å². The summed E-state index contributed by atoms with van der Waals surface area (Å²) < 4.78 is 84.3. The van der Waals surface area contributed by atoms with Crippen molar-refractivity contribution < 1.29 is 35.9 Å². The molecule has 3 aliphatic rings. The summed E-state index contributed by atoms with van der Waals surface area (Å²) in [6.07, 6.45) is -5.73. The van der Waals surface area contributed by atoms with Crippen LogP contribution >= 0.6 is 0 Å². The molecule has 0 amide bonds. The zero-order valence-electron chi connectivity index (χ0n) is 14.4. The monoisotopic (exact) mass is 384 g/mol. The molecule has 3 fully saturated rings. The highest BCUT2D eigenvalue weighted by molar-refractivity contribution is 5.89. The first-order valence-corrected chi connectivity index (χ1v) is 8.92.